The Morgan fingerprint density at radius 2 is 1.85 bits per heavy atom. The van der Waals surface area contributed by atoms with Gasteiger partial charge in [-0.2, -0.15) is 0 Å². The maximum atomic E-state index is 13.8. The summed E-state index contributed by atoms with van der Waals surface area (Å²) in [5, 5.41) is 2.62. The first-order valence-electron chi connectivity index (χ1n) is 8.41. The second kappa shape index (κ2) is 8.93. The molecule has 0 aliphatic heterocycles. The molecular weight excluding hydrogens is 351 g/mol. The van der Waals surface area contributed by atoms with Gasteiger partial charge in [-0.15, -0.1) is 0 Å². The van der Waals surface area contributed by atoms with Crippen LogP contribution in [0.1, 0.15) is 33.2 Å². The SMILES string of the molecule is CCOC(=O)CN(C)C(=O)c1ccc(C)c(NC(=O)c2ccccc2F)c1. The van der Waals surface area contributed by atoms with Crippen LogP contribution >= 0.6 is 0 Å². The van der Waals surface area contributed by atoms with Crippen LogP contribution in [0.3, 0.4) is 0 Å². The van der Waals surface area contributed by atoms with Crippen molar-refractivity contribution in [3.8, 4) is 0 Å². The van der Waals surface area contributed by atoms with Gasteiger partial charge in [0.15, 0.2) is 0 Å². The Bertz CT molecular complexity index is 867. The maximum absolute atomic E-state index is 13.8. The highest BCUT2D eigenvalue weighted by Gasteiger charge is 2.18. The molecule has 142 valence electrons. The van der Waals surface area contributed by atoms with Gasteiger partial charge in [-0.3, -0.25) is 14.4 Å². The van der Waals surface area contributed by atoms with Crippen molar-refractivity contribution in [1.29, 1.82) is 0 Å². The molecule has 0 radical (unpaired) electrons. The summed E-state index contributed by atoms with van der Waals surface area (Å²) in [7, 11) is 1.48. The Kier molecular flexibility index (Phi) is 6.65. The number of likely N-dealkylation sites (N-methyl/N-ethyl adjacent to an activating group) is 1. The molecule has 0 aromatic heterocycles. The van der Waals surface area contributed by atoms with E-state index in [9.17, 15) is 18.8 Å². The number of hydrogen-bond acceptors (Lipinski definition) is 4. The summed E-state index contributed by atoms with van der Waals surface area (Å²) in [6.07, 6.45) is 0. The Morgan fingerprint density at radius 3 is 2.52 bits per heavy atom. The summed E-state index contributed by atoms with van der Waals surface area (Å²) in [6, 6.07) is 10.4. The van der Waals surface area contributed by atoms with Crippen molar-refractivity contribution in [2.75, 3.05) is 25.5 Å². The van der Waals surface area contributed by atoms with E-state index in [4.69, 9.17) is 4.74 Å². The molecule has 0 saturated heterocycles. The van der Waals surface area contributed by atoms with Crippen molar-refractivity contribution in [1.82, 2.24) is 4.90 Å². The van der Waals surface area contributed by atoms with Crippen molar-refractivity contribution in [2.24, 2.45) is 0 Å². The smallest absolute Gasteiger partial charge is 0.325 e. The van der Waals surface area contributed by atoms with E-state index in [0.29, 0.717) is 11.3 Å². The largest absolute Gasteiger partial charge is 0.465 e. The number of hydrogen-bond donors (Lipinski definition) is 1. The molecule has 0 spiro atoms. The first kappa shape index (κ1) is 20.1. The van der Waals surface area contributed by atoms with Crippen molar-refractivity contribution in [3.63, 3.8) is 0 Å². The van der Waals surface area contributed by atoms with Crippen LogP contribution in [0.2, 0.25) is 0 Å². The third-order valence-electron chi connectivity index (χ3n) is 3.87. The lowest BCUT2D eigenvalue weighted by molar-refractivity contribution is -0.143. The van der Waals surface area contributed by atoms with Gasteiger partial charge in [-0.05, 0) is 43.7 Å². The lowest BCUT2D eigenvalue weighted by Gasteiger charge is -2.17. The molecule has 0 bridgehead atoms. The fourth-order valence-electron chi connectivity index (χ4n) is 2.42. The summed E-state index contributed by atoms with van der Waals surface area (Å²) < 4.78 is 18.6. The van der Waals surface area contributed by atoms with E-state index in [1.807, 2.05) is 0 Å². The van der Waals surface area contributed by atoms with Crippen LogP contribution in [0.25, 0.3) is 0 Å². The van der Waals surface area contributed by atoms with Gasteiger partial charge in [0.05, 0.1) is 12.2 Å². The second-order valence-corrected chi connectivity index (χ2v) is 5.93. The Hall–Kier alpha value is -3.22. The normalized spacial score (nSPS) is 10.2. The molecule has 0 saturated carbocycles. The average molecular weight is 372 g/mol. The Balaban J connectivity index is 2.18. The lowest BCUT2D eigenvalue weighted by atomic mass is 10.1. The molecule has 0 aliphatic carbocycles. The van der Waals surface area contributed by atoms with Gasteiger partial charge >= 0.3 is 5.97 Å². The number of carbonyl (C=O) groups is 3. The molecule has 0 aliphatic rings. The highest BCUT2D eigenvalue weighted by molar-refractivity contribution is 6.05. The quantitative estimate of drug-likeness (QED) is 0.791. The van der Waals surface area contributed by atoms with E-state index in [0.717, 1.165) is 0 Å². The minimum Gasteiger partial charge on any atom is -0.465 e. The standard InChI is InChI=1S/C20H21FN2O4/c1-4-27-18(24)12-23(3)20(26)14-10-9-13(2)17(11-14)22-19(25)15-7-5-6-8-16(15)21/h5-11H,4,12H2,1-3H3,(H,22,25). The summed E-state index contributed by atoms with van der Waals surface area (Å²) in [6.45, 7) is 3.49. The minimum atomic E-state index is -0.631. The number of esters is 1. The highest BCUT2D eigenvalue weighted by atomic mass is 19.1. The number of ether oxygens (including phenoxy) is 1. The van der Waals surface area contributed by atoms with Crippen LogP contribution in [0, 0.1) is 12.7 Å². The zero-order valence-corrected chi connectivity index (χ0v) is 15.4. The summed E-state index contributed by atoms with van der Waals surface area (Å²) in [5.74, 6) is -2.15. The third-order valence-corrected chi connectivity index (χ3v) is 3.87. The molecule has 0 atom stereocenters. The fourth-order valence-corrected chi connectivity index (χ4v) is 2.42. The van der Waals surface area contributed by atoms with Gasteiger partial charge in [-0.1, -0.05) is 18.2 Å². The molecular formula is C20H21FN2O4. The van der Waals surface area contributed by atoms with Gasteiger partial charge in [-0.25, -0.2) is 4.39 Å². The van der Waals surface area contributed by atoms with Crippen molar-refractivity contribution in [2.45, 2.75) is 13.8 Å². The number of rotatable bonds is 6. The number of nitrogens with zero attached hydrogens (tertiary/aromatic N) is 1. The Morgan fingerprint density at radius 1 is 1.15 bits per heavy atom. The predicted molar refractivity (Wildman–Crippen MR) is 99.1 cm³/mol. The number of anilines is 1. The molecule has 27 heavy (non-hydrogen) atoms. The van der Waals surface area contributed by atoms with Crippen LogP contribution in [0.5, 0.6) is 0 Å². The van der Waals surface area contributed by atoms with E-state index in [1.54, 1.807) is 32.0 Å². The molecule has 0 fully saturated rings. The van der Waals surface area contributed by atoms with E-state index in [2.05, 4.69) is 5.32 Å². The maximum Gasteiger partial charge on any atom is 0.325 e. The molecule has 1 N–H and O–H groups in total. The van der Waals surface area contributed by atoms with Gasteiger partial charge in [0.2, 0.25) is 0 Å². The van der Waals surface area contributed by atoms with Crippen LogP contribution in [-0.2, 0) is 9.53 Å². The lowest BCUT2D eigenvalue weighted by Crippen LogP contribution is -2.33. The number of halogens is 1. The average Bonchev–Trinajstić information content (AvgIpc) is 2.63. The summed E-state index contributed by atoms with van der Waals surface area (Å²) in [4.78, 5) is 37.6. The van der Waals surface area contributed by atoms with E-state index in [1.165, 1.54) is 36.2 Å². The van der Waals surface area contributed by atoms with Crippen LogP contribution < -0.4 is 5.32 Å². The highest BCUT2D eigenvalue weighted by Crippen LogP contribution is 2.19. The van der Waals surface area contributed by atoms with E-state index >= 15 is 0 Å². The number of carbonyl (C=O) groups excluding carboxylic acids is 3. The zero-order chi connectivity index (χ0) is 20.0. The minimum absolute atomic E-state index is 0.0898. The Labute approximate surface area is 156 Å². The summed E-state index contributed by atoms with van der Waals surface area (Å²) in [5.41, 5.74) is 1.30. The van der Waals surface area contributed by atoms with Gasteiger partial charge in [0.25, 0.3) is 11.8 Å². The third kappa shape index (κ3) is 5.13. The monoisotopic (exact) mass is 372 g/mol. The van der Waals surface area contributed by atoms with Crippen LogP contribution in [0.4, 0.5) is 10.1 Å². The molecule has 2 amide bonds. The molecule has 0 unspecified atom stereocenters. The number of benzene rings is 2. The number of aryl methyl sites for hydroxylation is 1. The van der Waals surface area contributed by atoms with Gasteiger partial charge in [0, 0.05) is 18.3 Å². The zero-order valence-electron chi connectivity index (χ0n) is 15.4. The van der Waals surface area contributed by atoms with Gasteiger partial charge in [0.1, 0.15) is 12.4 Å². The fraction of sp³-hybridized carbons (Fsp3) is 0.250. The molecule has 2 aromatic rings. The van der Waals surface area contributed by atoms with Crippen molar-refractivity contribution < 1.29 is 23.5 Å². The number of nitrogens with one attached hydrogen (secondary N) is 1. The van der Waals surface area contributed by atoms with Gasteiger partial charge < -0.3 is 15.0 Å². The van der Waals surface area contributed by atoms with E-state index in [-0.39, 0.29) is 24.3 Å². The topological polar surface area (TPSA) is 75.7 Å². The molecule has 7 heteroatoms. The molecule has 2 rings (SSSR count). The van der Waals surface area contributed by atoms with E-state index < -0.39 is 23.6 Å². The van der Waals surface area contributed by atoms with Crippen LogP contribution in [-0.4, -0.2) is 42.9 Å². The van der Waals surface area contributed by atoms with Crippen molar-refractivity contribution in [3.05, 3.63) is 65.0 Å². The first-order valence-corrected chi connectivity index (χ1v) is 8.41. The van der Waals surface area contributed by atoms with Crippen LogP contribution in [0.15, 0.2) is 42.5 Å². The van der Waals surface area contributed by atoms with Crippen molar-refractivity contribution >= 4 is 23.5 Å². The predicted octanol–water partition coefficient (Wildman–Crippen LogP) is 3.02. The number of amides is 2. The second-order valence-electron chi connectivity index (χ2n) is 5.93. The molecule has 2 aromatic carbocycles. The first-order chi connectivity index (χ1) is 12.8. The molecule has 6 nitrogen and oxygen atoms in total. The summed E-state index contributed by atoms with van der Waals surface area (Å²) >= 11 is 0. The molecule has 0 heterocycles.